The number of halogens is 1. The molecule has 1 N–H and O–H groups in total. The lowest BCUT2D eigenvalue weighted by molar-refractivity contribution is -0.115. The molecule has 0 aliphatic heterocycles. The van der Waals surface area contributed by atoms with E-state index in [2.05, 4.69) is 10.3 Å². The minimum Gasteiger partial charge on any atom is -0.323 e. The van der Waals surface area contributed by atoms with Crippen LogP contribution in [-0.2, 0) is 21.3 Å². The van der Waals surface area contributed by atoms with Crippen molar-refractivity contribution in [2.75, 3.05) is 5.32 Å². The summed E-state index contributed by atoms with van der Waals surface area (Å²) in [4.78, 5) is 16.7. The van der Waals surface area contributed by atoms with E-state index in [0.717, 1.165) is 10.6 Å². The van der Waals surface area contributed by atoms with Crippen molar-refractivity contribution in [2.45, 2.75) is 17.9 Å². The van der Waals surface area contributed by atoms with Gasteiger partial charge in [-0.1, -0.05) is 42.5 Å². The van der Waals surface area contributed by atoms with Crippen LogP contribution in [0.3, 0.4) is 0 Å². The van der Waals surface area contributed by atoms with E-state index in [1.165, 1.54) is 23.5 Å². The maximum atomic E-state index is 13.6. The fraction of sp³-hybridized carbons (Fsp3) is 0.158. The third kappa shape index (κ3) is 4.42. The number of carbonyl (C=O) groups excluding carboxylic acids is 1. The van der Waals surface area contributed by atoms with Gasteiger partial charge in [0.2, 0.25) is 5.91 Å². The lowest BCUT2D eigenvalue weighted by atomic mass is 10.2. The standard InChI is InChI=1S/C19H17FN2O2S2/c1-13(18(23)22-17-10-6-5-9-16(17)20)26(24)12-15-11-25-19(21-15)14-7-3-2-4-8-14/h2-11,13H,12H2,1H3,(H,22,23)/t13-,26+/m1/s1. The van der Waals surface area contributed by atoms with Gasteiger partial charge >= 0.3 is 0 Å². The molecule has 0 aliphatic carbocycles. The number of hydrogen-bond acceptors (Lipinski definition) is 4. The second kappa shape index (κ2) is 8.33. The molecule has 0 saturated carbocycles. The van der Waals surface area contributed by atoms with E-state index in [1.54, 1.807) is 19.1 Å². The molecule has 134 valence electrons. The number of anilines is 1. The van der Waals surface area contributed by atoms with E-state index >= 15 is 0 Å². The molecule has 3 rings (SSSR count). The van der Waals surface area contributed by atoms with Crippen LogP contribution in [0.25, 0.3) is 10.6 Å². The van der Waals surface area contributed by atoms with Crippen molar-refractivity contribution in [2.24, 2.45) is 0 Å². The van der Waals surface area contributed by atoms with Gasteiger partial charge in [0, 0.05) is 21.7 Å². The Morgan fingerprint density at radius 3 is 2.62 bits per heavy atom. The van der Waals surface area contributed by atoms with E-state index in [0.29, 0.717) is 5.69 Å². The molecular formula is C19H17FN2O2S2. The van der Waals surface area contributed by atoms with E-state index in [4.69, 9.17) is 0 Å². The number of para-hydroxylation sites is 1. The van der Waals surface area contributed by atoms with Crippen LogP contribution < -0.4 is 5.32 Å². The number of carbonyl (C=O) groups is 1. The molecule has 0 fully saturated rings. The summed E-state index contributed by atoms with van der Waals surface area (Å²) in [6.07, 6.45) is 0. The minimum atomic E-state index is -1.46. The largest absolute Gasteiger partial charge is 0.323 e. The predicted octanol–water partition coefficient (Wildman–Crippen LogP) is 4.23. The molecule has 0 bridgehead atoms. The Labute approximate surface area is 157 Å². The zero-order valence-electron chi connectivity index (χ0n) is 14.0. The highest BCUT2D eigenvalue weighted by molar-refractivity contribution is 7.85. The number of rotatable bonds is 6. The number of aromatic nitrogens is 1. The number of nitrogens with zero attached hydrogens (tertiary/aromatic N) is 1. The zero-order chi connectivity index (χ0) is 18.5. The molecule has 1 amide bonds. The van der Waals surface area contributed by atoms with Crippen molar-refractivity contribution in [3.8, 4) is 10.6 Å². The second-order valence-corrected chi connectivity index (χ2v) is 8.26. The van der Waals surface area contributed by atoms with Crippen LogP contribution in [0.2, 0.25) is 0 Å². The second-order valence-electron chi connectivity index (χ2n) is 5.65. The zero-order valence-corrected chi connectivity index (χ0v) is 15.6. The van der Waals surface area contributed by atoms with Gasteiger partial charge in [0.15, 0.2) is 0 Å². The monoisotopic (exact) mass is 388 g/mol. The van der Waals surface area contributed by atoms with E-state index in [1.807, 2.05) is 35.7 Å². The number of hydrogen-bond donors (Lipinski definition) is 1. The number of benzene rings is 2. The molecule has 1 aromatic heterocycles. The fourth-order valence-electron chi connectivity index (χ4n) is 2.27. The molecule has 7 heteroatoms. The van der Waals surface area contributed by atoms with Crippen LogP contribution in [0.15, 0.2) is 60.0 Å². The molecule has 4 nitrogen and oxygen atoms in total. The Bertz CT molecular complexity index is 928. The molecule has 2 aromatic carbocycles. The SMILES string of the molecule is C[C@H](C(=O)Nc1ccccc1F)[S@@](=O)Cc1csc(-c2ccccc2)n1. The summed E-state index contributed by atoms with van der Waals surface area (Å²) >= 11 is 1.47. The highest BCUT2D eigenvalue weighted by Crippen LogP contribution is 2.24. The van der Waals surface area contributed by atoms with E-state index in [9.17, 15) is 13.4 Å². The van der Waals surface area contributed by atoms with Gasteiger partial charge in [-0.25, -0.2) is 9.37 Å². The molecule has 3 aromatic rings. The first kappa shape index (κ1) is 18.4. The van der Waals surface area contributed by atoms with Crippen molar-refractivity contribution in [1.29, 1.82) is 0 Å². The highest BCUT2D eigenvalue weighted by Gasteiger charge is 2.22. The first-order valence-corrected chi connectivity index (χ1v) is 10.2. The lowest BCUT2D eigenvalue weighted by Gasteiger charge is -2.12. The number of nitrogens with one attached hydrogen (secondary N) is 1. The van der Waals surface area contributed by atoms with Crippen LogP contribution in [-0.4, -0.2) is 20.3 Å². The summed E-state index contributed by atoms with van der Waals surface area (Å²) in [5.41, 5.74) is 1.76. The van der Waals surface area contributed by atoms with Crippen LogP contribution in [0, 0.1) is 5.82 Å². The van der Waals surface area contributed by atoms with Gasteiger partial charge in [-0.3, -0.25) is 9.00 Å². The predicted molar refractivity (Wildman–Crippen MR) is 104 cm³/mol. The average molecular weight is 388 g/mol. The number of thiazole rings is 1. The van der Waals surface area contributed by atoms with Crippen LogP contribution in [0.4, 0.5) is 10.1 Å². The Morgan fingerprint density at radius 2 is 1.88 bits per heavy atom. The summed E-state index contributed by atoms with van der Waals surface area (Å²) in [5, 5.41) is 4.40. The molecule has 0 unspecified atom stereocenters. The summed E-state index contributed by atoms with van der Waals surface area (Å²) < 4.78 is 26.1. The Morgan fingerprint density at radius 1 is 1.19 bits per heavy atom. The molecule has 1 heterocycles. The van der Waals surface area contributed by atoms with Crippen LogP contribution in [0.1, 0.15) is 12.6 Å². The number of amides is 1. The third-order valence-electron chi connectivity index (χ3n) is 3.76. The van der Waals surface area contributed by atoms with Crippen molar-refractivity contribution in [1.82, 2.24) is 4.98 Å². The van der Waals surface area contributed by atoms with Gasteiger partial charge in [0.1, 0.15) is 16.1 Å². The smallest absolute Gasteiger partial charge is 0.239 e. The van der Waals surface area contributed by atoms with Crippen molar-refractivity contribution >= 4 is 33.7 Å². The van der Waals surface area contributed by atoms with E-state index < -0.39 is 27.8 Å². The summed E-state index contributed by atoms with van der Waals surface area (Å²) in [7, 11) is -1.46. The molecule has 2 atom stereocenters. The van der Waals surface area contributed by atoms with Gasteiger partial charge in [-0.15, -0.1) is 11.3 Å². The lowest BCUT2D eigenvalue weighted by Crippen LogP contribution is -2.30. The fourth-order valence-corrected chi connectivity index (χ4v) is 4.19. The van der Waals surface area contributed by atoms with Crippen LogP contribution >= 0.6 is 11.3 Å². The Hall–Kier alpha value is -2.38. The van der Waals surface area contributed by atoms with Crippen molar-refractivity contribution in [3.63, 3.8) is 0 Å². The van der Waals surface area contributed by atoms with Crippen molar-refractivity contribution in [3.05, 3.63) is 71.5 Å². The van der Waals surface area contributed by atoms with E-state index in [-0.39, 0.29) is 11.4 Å². The molecule has 0 radical (unpaired) electrons. The molecule has 0 aliphatic rings. The Kier molecular flexibility index (Phi) is 5.90. The molecule has 26 heavy (non-hydrogen) atoms. The quantitative estimate of drug-likeness (QED) is 0.688. The molecule has 0 saturated heterocycles. The molecular weight excluding hydrogens is 371 g/mol. The van der Waals surface area contributed by atoms with Gasteiger partial charge in [-0.05, 0) is 19.1 Å². The topological polar surface area (TPSA) is 59.1 Å². The first-order valence-electron chi connectivity index (χ1n) is 7.97. The highest BCUT2D eigenvalue weighted by atomic mass is 32.2. The third-order valence-corrected chi connectivity index (χ3v) is 6.28. The first-order chi connectivity index (χ1) is 12.5. The molecule has 0 spiro atoms. The van der Waals surface area contributed by atoms with Gasteiger partial charge < -0.3 is 5.32 Å². The minimum absolute atomic E-state index is 0.0846. The van der Waals surface area contributed by atoms with Gasteiger partial charge in [0.25, 0.3) is 0 Å². The van der Waals surface area contributed by atoms with Crippen LogP contribution in [0.5, 0.6) is 0 Å². The maximum absolute atomic E-state index is 13.6. The van der Waals surface area contributed by atoms with Gasteiger partial charge in [-0.2, -0.15) is 0 Å². The van der Waals surface area contributed by atoms with Crippen molar-refractivity contribution < 1.29 is 13.4 Å². The summed E-state index contributed by atoms with van der Waals surface area (Å²) in [5.74, 6) is -0.826. The Balaban J connectivity index is 1.63. The normalized spacial score (nSPS) is 13.2. The summed E-state index contributed by atoms with van der Waals surface area (Å²) in [6, 6.07) is 15.6. The maximum Gasteiger partial charge on any atom is 0.239 e. The van der Waals surface area contributed by atoms with Gasteiger partial charge in [0.05, 0.1) is 17.1 Å². The summed E-state index contributed by atoms with van der Waals surface area (Å²) in [6.45, 7) is 1.57. The average Bonchev–Trinajstić information content (AvgIpc) is 3.12.